The van der Waals surface area contributed by atoms with E-state index in [9.17, 15) is 28.3 Å². The molecule has 0 atom stereocenters. The van der Waals surface area contributed by atoms with E-state index < -0.39 is 59.5 Å². The third-order valence-corrected chi connectivity index (χ3v) is 4.35. The number of benzene rings is 1. The van der Waals surface area contributed by atoms with Crippen LogP contribution in [0.1, 0.15) is 53.1 Å². The van der Waals surface area contributed by atoms with E-state index in [-0.39, 0.29) is 22.4 Å². The summed E-state index contributed by atoms with van der Waals surface area (Å²) in [5.74, 6) is -4.37. The van der Waals surface area contributed by atoms with Gasteiger partial charge < -0.3 is 15.2 Å². The Morgan fingerprint density at radius 2 is 1.88 bits per heavy atom. The maximum atomic E-state index is 14.3. The van der Waals surface area contributed by atoms with Gasteiger partial charge in [0.2, 0.25) is 0 Å². The predicted octanol–water partition coefficient (Wildman–Crippen LogP) is 2.22. The van der Waals surface area contributed by atoms with Gasteiger partial charge in [-0.05, 0) is 30.4 Å². The number of Topliss-reactive ketones (excluding diaryl/α,β-unsaturated/α-hetero) is 1. The average molecular weight is 351 g/mol. The smallest absolute Gasteiger partial charge is 0.303 e. The molecule has 3 N–H and O–H groups in total. The second-order valence-electron chi connectivity index (χ2n) is 6.07. The highest BCUT2D eigenvalue weighted by molar-refractivity contribution is 6.02. The molecule has 0 unspecified atom stereocenters. The number of halogens is 2. The summed E-state index contributed by atoms with van der Waals surface area (Å²) in [6.07, 6.45) is 0.510. The zero-order valence-corrected chi connectivity index (χ0v) is 13.1. The van der Waals surface area contributed by atoms with Gasteiger partial charge in [-0.1, -0.05) is 0 Å². The van der Waals surface area contributed by atoms with Crippen molar-refractivity contribution in [1.29, 1.82) is 0 Å². The quantitative estimate of drug-likeness (QED) is 0.692. The third kappa shape index (κ3) is 3.05. The Morgan fingerprint density at radius 1 is 1.20 bits per heavy atom. The Morgan fingerprint density at radius 3 is 2.44 bits per heavy atom. The van der Waals surface area contributed by atoms with Crippen LogP contribution in [0.4, 0.5) is 8.78 Å². The highest BCUT2D eigenvalue weighted by Crippen LogP contribution is 2.43. The van der Waals surface area contributed by atoms with Crippen molar-refractivity contribution in [3.63, 3.8) is 0 Å². The highest BCUT2D eigenvalue weighted by atomic mass is 19.2. The third-order valence-electron chi connectivity index (χ3n) is 4.35. The molecule has 1 heterocycles. The van der Waals surface area contributed by atoms with Crippen LogP contribution in [0.5, 0.6) is 0 Å². The van der Waals surface area contributed by atoms with Crippen LogP contribution < -0.4 is 5.56 Å². The number of fused-ring (bicyclic) bond motifs is 1. The molecule has 25 heavy (non-hydrogen) atoms. The van der Waals surface area contributed by atoms with Crippen LogP contribution in [0.3, 0.4) is 0 Å². The molecule has 8 heteroatoms. The van der Waals surface area contributed by atoms with Gasteiger partial charge in [0.25, 0.3) is 5.56 Å². The van der Waals surface area contributed by atoms with Crippen molar-refractivity contribution in [3.05, 3.63) is 44.7 Å². The van der Waals surface area contributed by atoms with Gasteiger partial charge in [-0.3, -0.25) is 14.4 Å². The van der Waals surface area contributed by atoms with E-state index in [2.05, 4.69) is 4.98 Å². The van der Waals surface area contributed by atoms with Crippen LogP contribution in [-0.2, 0) is 11.4 Å². The summed E-state index contributed by atoms with van der Waals surface area (Å²) in [6.45, 7) is -0.732. The lowest BCUT2D eigenvalue weighted by molar-refractivity contribution is -0.136. The van der Waals surface area contributed by atoms with Crippen molar-refractivity contribution in [2.24, 2.45) is 0 Å². The van der Waals surface area contributed by atoms with Gasteiger partial charge in [0.15, 0.2) is 17.4 Å². The number of aliphatic hydroxyl groups excluding tert-OH is 1. The highest BCUT2D eigenvalue weighted by Gasteiger charge is 2.30. The molecule has 0 amide bonds. The van der Waals surface area contributed by atoms with Gasteiger partial charge in [-0.15, -0.1) is 0 Å². The number of nitrogens with one attached hydrogen (secondary N) is 1. The summed E-state index contributed by atoms with van der Waals surface area (Å²) in [6, 6.07) is 1.35. The monoisotopic (exact) mass is 351 g/mol. The van der Waals surface area contributed by atoms with Gasteiger partial charge in [0, 0.05) is 17.4 Å². The number of carboxylic acids is 1. The number of carbonyl (C=O) groups is 2. The summed E-state index contributed by atoms with van der Waals surface area (Å²) in [5, 5.41) is 18.4. The topological polar surface area (TPSA) is 107 Å². The molecule has 1 aliphatic rings. The largest absolute Gasteiger partial charge is 0.481 e. The van der Waals surface area contributed by atoms with E-state index >= 15 is 0 Å². The molecule has 2 aromatic rings. The number of H-pyrrole nitrogens is 1. The molecule has 1 aromatic heterocycles. The first kappa shape index (κ1) is 17.2. The fourth-order valence-corrected chi connectivity index (χ4v) is 2.95. The maximum Gasteiger partial charge on any atom is 0.303 e. The van der Waals surface area contributed by atoms with Gasteiger partial charge in [-0.25, -0.2) is 8.78 Å². The molecular weight excluding hydrogens is 336 g/mol. The number of carboxylic acid groups (broad SMARTS) is 1. The predicted molar refractivity (Wildman–Crippen MR) is 83.6 cm³/mol. The zero-order valence-electron chi connectivity index (χ0n) is 13.1. The zero-order chi connectivity index (χ0) is 18.3. The normalized spacial score (nSPS) is 14.0. The minimum absolute atomic E-state index is 0.0570. The molecule has 6 nitrogen and oxygen atoms in total. The molecule has 0 spiro atoms. The van der Waals surface area contributed by atoms with Gasteiger partial charge >= 0.3 is 5.97 Å². The minimum Gasteiger partial charge on any atom is -0.481 e. The number of pyridine rings is 1. The second kappa shape index (κ2) is 6.36. The molecule has 1 aliphatic carbocycles. The van der Waals surface area contributed by atoms with Crippen LogP contribution in [0.15, 0.2) is 10.9 Å². The molecule has 1 saturated carbocycles. The molecule has 132 valence electrons. The lowest BCUT2D eigenvalue weighted by atomic mass is 9.96. The molecule has 0 saturated heterocycles. The fourth-order valence-electron chi connectivity index (χ4n) is 2.95. The first-order valence-corrected chi connectivity index (χ1v) is 7.77. The number of aliphatic hydroxyl groups is 1. The van der Waals surface area contributed by atoms with Crippen LogP contribution in [-0.4, -0.2) is 26.9 Å². The van der Waals surface area contributed by atoms with Gasteiger partial charge in [-0.2, -0.15) is 0 Å². The van der Waals surface area contributed by atoms with Crippen molar-refractivity contribution >= 4 is 22.7 Å². The molecule has 0 aliphatic heterocycles. The Balaban J connectivity index is 2.23. The van der Waals surface area contributed by atoms with E-state index in [1.807, 2.05) is 0 Å². The standard InChI is InChI=1S/C17H15F2NO5/c18-14-8(7-1-2-7)5-9-10(6-21)13(11(22)3-4-12(23)24)17(25)20-16(9)15(14)19/h5,7,21H,1-4,6H2,(H,20,25)(H,23,24). The minimum atomic E-state index is -1.23. The van der Waals surface area contributed by atoms with E-state index in [1.165, 1.54) is 6.07 Å². The summed E-state index contributed by atoms with van der Waals surface area (Å²) < 4.78 is 28.5. The first-order chi connectivity index (χ1) is 11.8. The average Bonchev–Trinajstić information content (AvgIpc) is 3.40. The van der Waals surface area contributed by atoms with Crippen LogP contribution in [0, 0.1) is 11.6 Å². The molecule has 1 aromatic carbocycles. The Bertz CT molecular complexity index is 946. The summed E-state index contributed by atoms with van der Waals surface area (Å²) in [5.41, 5.74) is -1.77. The van der Waals surface area contributed by atoms with Gasteiger partial charge in [0.1, 0.15) is 0 Å². The van der Waals surface area contributed by atoms with Crippen molar-refractivity contribution in [3.8, 4) is 0 Å². The van der Waals surface area contributed by atoms with E-state index in [1.54, 1.807) is 0 Å². The van der Waals surface area contributed by atoms with E-state index in [0.29, 0.717) is 12.8 Å². The summed E-state index contributed by atoms with van der Waals surface area (Å²) >= 11 is 0. The Hall–Kier alpha value is -2.61. The first-order valence-electron chi connectivity index (χ1n) is 7.77. The number of aromatic amines is 1. The fraction of sp³-hybridized carbons (Fsp3) is 0.353. The number of carbonyl (C=O) groups excluding carboxylic acids is 1. The molecule has 3 rings (SSSR count). The number of rotatable bonds is 6. The number of aliphatic carboxylic acids is 1. The lowest BCUT2D eigenvalue weighted by Crippen LogP contribution is -2.22. The molecule has 0 bridgehead atoms. The van der Waals surface area contributed by atoms with Crippen LogP contribution in [0.2, 0.25) is 0 Å². The van der Waals surface area contributed by atoms with Crippen LogP contribution in [0.25, 0.3) is 10.9 Å². The van der Waals surface area contributed by atoms with E-state index in [4.69, 9.17) is 5.11 Å². The second-order valence-corrected chi connectivity index (χ2v) is 6.07. The maximum absolute atomic E-state index is 14.3. The SMILES string of the molecule is O=C(O)CCC(=O)c1c(CO)c2cc(C3CC3)c(F)c(F)c2[nH]c1=O. The summed E-state index contributed by atoms with van der Waals surface area (Å²) in [7, 11) is 0. The van der Waals surface area contributed by atoms with Crippen molar-refractivity contribution in [2.45, 2.75) is 38.2 Å². The number of hydrogen-bond donors (Lipinski definition) is 3. The number of ketones is 1. The van der Waals surface area contributed by atoms with Crippen molar-refractivity contribution < 1.29 is 28.6 Å². The number of hydrogen-bond acceptors (Lipinski definition) is 4. The molecular formula is C17H15F2NO5. The molecule has 0 radical (unpaired) electrons. The van der Waals surface area contributed by atoms with Crippen molar-refractivity contribution in [1.82, 2.24) is 4.98 Å². The Kier molecular flexibility index (Phi) is 4.38. The lowest BCUT2D eigenvalue weighted by Gasteiger charge is -2.13. The number of aromatic nitrogens is 1. The summed E-state index contributed by atoms with van der Waals surface area (Å²) in [4.78, 5) is 37.1. The van der Waals surface area contributed by atoms with Crippen LogP contribution >= 0.6 is 0 Å². The van der Waals surface area contributed by atoms with Crippen molar-refractivity contribution in [2.75, 3.05) is 0 Å². The molecule has 1 fully saturated rings. The van der Waals surface area contributed by atoms with E-state index in [0.717, 1.165) is 0 Å². The Labute approximate surface area is 140 Å². The van der Waals surface area contributed by atoms with Gasteiger partial charge in [0.05, 0.1) is 24.1 Å².